The Morgan fingerprint density at radius 3 is 2.80 bits per heavy atom. The van der Waals surface area contributed by atoms with Crippen molar-refractivity contribution in [1.82, 2.24) is 20.5 Å². The normalized spacial score (nSPS) is 18.2. The van der Waals surface area contributed by atoms with Gasteiger partial charge in [-0.05, 0) is 38.0 Å². The smallest absolute Gasteiger partial charge is 0.355 e. The molecule has 1 aliphatic rings. The monoisotopic (exact) mass is 353 g/mol. The lowest BCUT2D eigenvalue weighted by Gasteiger charge is -2.33. The SMILES string of the molecule is Cc1cc(C(=O)N[C@@H]2CCCN(c3ccc(C(F)(F)F)cn3)C2)n[nH]1. The zero-order chi connectivity index (χ0) is 18.0. The van der Waals surface area contributed by atoms with Gasteiger partial charge in [-0.15, -0.1) is 0 Å². The van der Waals surface area contributed by atoms with Gasteiger partial charge in [0.2, 0.25) is 0 Å². The lowest BCUT2D eigenvalue weighted by Crippen LogP contribution is -2.48. The van der Waals surface area contributed by atoms with E-state index >= 15 is 0 Å². The molecular formula is C16H18F3N5O. The first-order valence-corrected chi connectivity index (χ1v) is 7.94. The fourth-order valence-corrected chi connectivity index (χ4v) is 2.84. The Kier molecular flexibility index (Phi) is 4.65. The highest BCUT2D eigenvalue weighted by molar-refractivity contribution is 5.92. The molecule has 134 valence electrons. The van der Waals surface area contributed by atoms with Gasteiger partial charge in [0.05, 0.1) is 5.56 Å². The van der Waals surface area contributed by atoms with E-state index in [1.807, 2.05) is 11.8 Å². The topological polar surface area (TPSA) is 73.9 Å². The number of anilines is 1. The van der Waals surface area contributed by atoms with Crippen molar-refractivity contribution in [2.24, 2.45) is 0 Å². The van der Waals surface area contributed by atoms with E-state index < -0.39 is 11.7 Å². The molecule has 25 heavy (non-hydrogen) atoms. The van der Waals surface area contributed by atoms with E-state index in [4.69, 9.17) is 0 Å². The van der Waals surface area contributed by atoms with Crippen molar-refractivity contribution in [3.8, 4) is 0 Å². The number of aromatic nitrogens is 3. The number of aryl methyl sites for hydroxylation is 1. The first kappa shape index (κ1) is 17.2. The number of halogens is 3. The van der Waals surface area contributed by atoms with Gasteiger partial charge in [-0.2, -0.15) is 18.3 Å². The average molecular weight is 353 g/mol. The number of pyridine rings is 1. The maximum atomic E-state index is 12.6. The summed E-state index contributed by atoms with van der Waals surface area (Å²) >= 11 is 0. The van der Waals surface area contributed by atoms with Crippen molar-refractivity contribution >= 4 is 11.7 Å². The zero-order valence-corrected chi connectivity index (χ0v) is 13.6. The molecule has 1 saturated heterocycles. The minimum Gasteiger partial charge on any atom is -0.355 e. The van der Waals surface area contributed by atoms with Gasteiger partial charge in [-0.3, -0.25) is 9.89 Å². The number of rotatable bonds is 3. The molecule has 0 spiro atoms. The number of carbonyl (C=O) groups is 1. The molecule has 0 unspecified atom stereocenters. The van der Waals surface area contributed by atoms with Gasteiger partial charge in [-0.1, -0.05) is 0 Å². The number of alkyl halides is 3. The highest BCUT2D eigenvalue weighted by Gasteiger charge is 2.31. The number of carbonyl (C=O) groups excluding carboxylic acids is 1. The maximum Gasteiger partial charge on any atom is 0.417 e. The quantitative estimate of drug-likeness (QED) is 0.889. The Balaban J connectivity index is 1.64. The summed E-state index contributed by atoms with van der Waals surface area (Å²) in [5.74, 6) is 0.208. The molecule has 0 saturated carbocycles. The van der Waals surface area contributed by atoms with Crippen LogP contribution in [0.25, 0.3) is 0 Å². The highest BCUT2D eigenvalue weighted by Crippen LogP contribution is 2.29. The molecule has 9 heteroatoms. The Bertz CT molecular complexity index is 741. The molecule has 3 rings (SSSR count). The minimum atomic E-state index is -4.40. The number of H-pyrrole nitrogens is 1. The summed E-state index contributed by atoms with van der Waals surface area (Å²) in [7, 11) is 0. The number of nitrogens with one attached hydrogen (secondary N) is 2. The summed E-state index contributed by atoms with van der Waals surface area (Å²) in [4.78, 5) is 18.0. The van der Waals surface area contributed by atoms with E-state index in [1.165, 1.54) is 6.07 Å². The summed E-state index contributed by atoms with van der Waals surface area (Å²) in [5, 5.41) is 9.55. The minimum absolute atomic E-state index is 0.109. The predicted octanol–water partition coefficient (Wildman–Crippen LogP) is 2.53. The molecule has 2 aromatic heterocycles. The fraction of sp³-hybridized carbons (Fsp3) is 0.438. The van der Waals surface area contributed by atoms with Crippen LogP contribution in [0.4, 0.5) is 19.0 Å². The van der Waals surface area contributed by atoms with E-state index in [9.17, 15) is 18.0 Å². The first-order valence-electron chi connectivity index (χ1n) is 7.94. The number of amides is 1. The van der Waals surface area contributed by atoms with Crippen molar-refractivity contribution in [3.05, 3.63) is 41.3 Å². The van der Waals surface area contributed by atoms with E-state index in [0.29, 0.717) is 24.6 Å². The third-order valence-electron chi connectivity index (χ3n) is 4.09. The molecule has 0 bridgehead atoms. The van der Waals surface area contributed by atoms with Crippen molar-refractivity contribution < 1.29 is 18.0 Å². The third kappa shape index (κ3) is 4.09. The average Bonchev–Trinajstić information content (AvgIpc) is 3.01. The summed E-state index contributed by atoms with van der Waals surface area (Å²) in [6.45, 7) is 2.99. The van der Waals surface area contributed by atoms with Crippen LogP contribution in [-0.2, 0) is 6.18 Å². The van der Waals surface area contributed by atoms with Crippen LogP contribution >= 0.6 is 0 Å². The zero-order valence-electron chi connectivity index (χ0n) is 13.6. The molecule has 0 aromatic carbocycles. The number of piperidine rings is 1. The lowest BCUT2D eigenvalue weighted by atomic mass is 10.1. The molecule has 3 heterocycles. The van der Waals surface area contributed by atoms with Gasteiger partial charge in [0.25, 0.3) is 5.91 Å². The van der Waals surface area contributed by atoms with E-state index in [-0.39, 0.29) is 11.9 Å². The van der Waals surface area contributed by atoms with Crippen LogP contribution in [0, 0.1) is 6.92 Å². The molecule has 2 aromatic rings. The van der Waals surface area contributed by atoms with Gasteiger partial charge in [0.15, 0.2) is 0 Å². The molecule has 0 aliphatic carbocycles. The van der Waals surface area contributed by atoms with Gasteiger partial charge in [-0.25, -0.2) is 4.98 Å². The summed E-state index contributed by atoms with van der Waals surface area (Å²) in [6, 6.07) is 3.94. The number of hydrogen-bond donors (Lipinski definition) is 2. The molecule has 1 aliphatic heterocycles. The van der Waals surface area contributed by atoms with Crippen LogP contribution in [-0.4, -0.2) is 40.2 Å². The largest absolute Gasteiger partial charge is 0.417 e. The van der Waals surface area contributed by atoms with Gasteiger partial charge in [0.1, 0.15) is 11.5 Å². The van der Waals surface area contributed by atoms with Crippen LogP contribution < -0.4 is 10.2 Å². The summed E-state index contributed by atoms with van der Waals surface area (Å²) in [5.41, 5.74) is 0.346. The van der Waals surface area contributed by atoms with E-state index in [0.717, 1.165) is 30.8 Å². The second kappa shape index (κ2) is 6.73. The molecular weight excluding hydrogens is 335 g/mol. The Morgan fingerprint density at radius 2 is 2.20 bits per heavy atom. The van der Waals surface area contributed by atoms with Crippen LogP contribution in [0.15, 0.2) is 24.4 Å². The lowest BCUT2D eigenvalue weighted by molar-refractivity contribution is -0.137. The van der Waals surface area contributed by atoms with Crippen molar-refractivity contribution in [2.45, 2.75) is 32.0 Å². The second-order valence-electron chi connectivity index (χ2n) is 6.10. The van der Waals surface area contributed by atoms with Gasteiger partial charge in [0, 0.05) is 31.0 Å². The standard InChI is InChI=1S/C16H18F3N5O/c1-10-7-13(23-22-10)15(25)21-12-3-2-6-24(9-12)14-5-4-11(8-20-14)16(17,18)19/h4-5,7-8,12H,2-3,6,9H2,1H3,(H,21,25)(H,22,23)/t12-/m1/s1. The summed E-state index contributed by atoms with van der Waals surface area (Å²) < 4.78 is 37.9. The number of hydrogen-bond acceptors (Lipinski definition) is 4. The molecule has 2 N–H and O–H groups in total. The Labute approximate surface area is 142 Å². The van der Waals surface area contributed by atoms with Gasteiger partial charge >= 0.3 is 6.18 Å². The molecule has 1 amide bonds. The van der Waals surface area contributed by atoms with E-state index in [2.05, 4.69) is 20.5 Å². The van der Waals surface area contributed by atoms with Crippen molar-refractivity contribution in [3.63, 3.8) is 0 Å². The van der Waals surface area contributed by atoms with E-state index in [1.54, 1.807) is 6.07 Å². The van der Waals surface area contributed by atoms with Crippen LogP contribution in [0.3, 0.4) is 0 Å². The van der Waals surface area contributed by atoms with Crippen molar-refractivity contribution in [1.29, 1.82) is 0 Å². The van der Waals surface area contributed by atoms with Gasteiger partial charge < -0.3 is 10.2 Å². The van der Waals surface area contributed by atoms with Crippen LogP contribution in [0.2, 0.25) is 0 Å². The molecule has 6 nitrogen and oxygen atoms in total. The van der Waals surface area contributed by atoms with Crippen LogP contribution in [0.1, 0.15) is 34.6 Å². The second-order valence-corrected chi connectivity index (χ2v) is 6.10. The number of nitrogens with zero attached hydrogens (tertiary/aromatic N) is 3. The van der Waals surface area contributed by atoms with Crippen LogP contribution in [0.5, 0.6) is 0 Å². The highest BCUT2D eigenvalue weighted by atomic mass is 19.4. The molecule has 0 radical (unpaired) electrons. The predicted molar refractivity (Wildman–Crippen MR) is 85.3 cm³/mol. The Morgan fingerprint density at radius 1 is 1.40 bits per heavy atom. The maximum absolute atomic E-state index is 12.6. The molecule has 1 atom stereocenters. The molecule has 1 fully saturated rings. The fourth-order valence-electron chi connectivity index (χ4n) is 2.84. The summed E-state index contributed by atoms with van der Waals surface area (Å²) in [6.07, 6.45) is -1.95. The Hall–Kier alpha value is -2.58. The third-order valence-corrected chi connectivity index (χ3v) is 4.09. The van der Waals surface area contributed by atoms with Crippen molar-refractivity contribution in [2.75, 3.05) is 18.0 Å². The first-order chi connectivity index (χ1) is 11.8. The number of aromatic amines is 1.